The van der Waals surface area contributed by atoms with Crippen molar-refractivity contribution in [2.45, 2.75) is 30.8 Å². The lowest BCUT2D eigenvalue weighted by molar-refractivity contribution is 0.110. The van der Waals surface area contributed by atoms with Crippen molar-refractivity contribution >= 4 is 34.2 Å². The summed E-state index contributed by atoms with van der Waals surface area (Å²) in [5.74, 6) is 0. The standard InChI is InChI=1S/C25H25ClIN/c26-23-13-11-20(12-14-23)18-28-19-25(16-15-24(28)17-27,21-7-3-1-4-8-21)22-9-5-2-6-10-22/h1-14,24H,15-19H2. The van der Waals surface area contributed by atoms with E-state index in [1.54, 1.807) is 0 Å². The maximum Gasteiger partial charge on any atom is 0.0406 e. The molecule has 0 radical (unpaired) electrons. The van der Waals surface area contributed by atoms with Crippen molar-refractivity contribution in [3.05, 3.63) is 107 Å². The summed E-state index contributed by atoms with van der Waals surface area (Å²) in [5.41, 5.74) is 4.22. The highest BCUT2D eigenvalue weighted by atomic mass is 127. The van der Waals surface area contributed by atoms with Crippen molar-refractivity contribution in [2.75, 3.05) is 11.0 Å². The van der Waals surface area contributed by atoms with Crippen LogP contribution >= 0.6 is 34.2 Å². The molecule has 144 valence electrons. The molecule has 1 aliphatic rings. The molecule has 1 heterocycles. The van der Waals surface area contributed by atoms with Crippen LogP contribution in [0.25, 0.3) is 0 Å². The number of hydrogen-bond donors (Lipinski definition) is 0. The van der Waals surface area contributed by atoms with Crippen molar-refractivity contribution in [3.63, 3.8) is 0 Å². The molecule has 1 aliphatic heterocycles. The second-order valence-corrected chi connectivity index (χ2v) is 9.01. The predicted octanol–water partition coefficient (Wildman–Crippen LogP) is 6.73. The third kappa shape index (κ3) is 4.14. The smallest absolute Gasteiger partial charge is 0.0406 e. The minimum atomic E-state index is 0.0389. The third-order valence-electron chi connectivity index (χ3n) is 6.02. The maximum atomic E-state index is 6.10. The van der Waals surface area contributed by atoms with Crippen molar-refractivity contribution in [1.82, 2.24) is 4.90 Å². The van der Waals surface area contributed by atoms with E-state index < -0.39 is 0 Å². The summed E-state index contributed by atoms with van der Waals surface area (Å²) in [6.07, 6.45) is 2.39. The van der Waals surface area contributed by atoms with Crippen molar-refractivity contribution in [3.8, 4) is 0 Å². The number of benzene rings is 3. The Morgan fingerprint density at radius 1 is 0.857 bits per heavy atom. The zero-order valence-corrected chi connectivity index (χ0v) is 18.8. The monoisotopic (exact) mass is 501 g/mol. The van der Waals surface area contributed by atoms with E-state index in [4.69, 9.17) is 11.6 Å². The van der Waals surface area contributed by atoms with Crippen LogP contribution in [-0.4, -0.2) is 21.9 Å². The first-order chi connectivity index (χ1) is 13.7. The first-order valence-electron chi connectivity index (χ1n) is 9.87. The first kappa shape index (κ1) is 19.9. The van der Waals surface area contributed by atoms with Gasteiger partial charge in [-0.15, -0.1) is 0 Å². The highest BCUT2D eigenvalue weighted by Crippen LogP contribution is 2.42. The summed E-state index contributed by atoms with van der Waals surface area (Å²) in [4.78, 5) is 2.68. The number of likely N-dealkylation sites (tertiary alicyclic amines) is 1. The van der Waals surface area contributed by atoms with Gasteiger partial charge in [0.25, 0.3) is 0 Å². The Bertz CT molecular complexity index is 840. The van der Waals surface area contributed by atoms with E-state index >= 15 is 0 Å². The molecule has 1 saturated heterocycles. The van der Waals surface area contributed by atoms with E-state index in [0.29, 0.717) is 6.04 Å². The molecule has 0 saturated carbocycles. The number of alkyl halides is 1. The summed E-state index contributed by atoms with van der Waals surface area (Å²) in [6.45, 7) is 2.00. The molecular formula is C25H25ClIN. The van der Waals surface area contributed by atoms with Crippen molar-refractivity contribution in [1.29, 1.82) is 0 Å². The van der Waals surface area contributed by atoms with Gasteiger partial charge in [0.15, 0.2) is 0 Å². The lowest BCUT2D eigenvalue weighted by Gasteiger charge is -2.47. The van der Waals surface area contributed by atoms with E-state index in [0.717, 1.165) is 22.5 Å². The molecule has 4 rings (SSSR count). The van der Waals surface area contributed by atoms with Crippen LogP contribution in [0.2, 0.25) is 5.02 Å². The van der Waals surface area contributed by atoms with E-state index in [-0.39, 0.29) is 5.41 Å². The van der Waals surface area contributed by atoms with Crippen LogP contribution in [0.1, 0.15) is 29.5 Å². The van der Waals surface area contributed by atoms with Crippen LogP contribution in [0.4, 0.5) is 0 Å². The Hall–Kier alpha value is -1.36. The molecule has 1 fully saturated rings. The topological polar surface area (TPSA) is 3.24 Å². The van der Waals surface area contributed by atoms with E-state index in [1.807, 2.05) is 12.1 Å². The Balaban J connectivity index is 1.72. The predicted molar refractivity (Wildman–Crippen MR) is 127 cm³/mol. The first-order valence-corrected chi connectivity index (χ1v) is 11.8. The molecule has 3 aromatic rings. The number of rotatable bonds is 5. The summed E-state index contributed by atoms with van der Waals surface area (Å²) in [6, 6.07) is 31.1. The summed E-state index contributed by atoms with van der Waals surface area (Å²) < 4.78 is 1.16. The molecule has 0 N–H and O–H groups in total. The third-order valence-corrected chi connectivity index (χ3v) is 7.29. The van der Waals surface area contributed by atoms with Gasteiger partial charge >= 0.3 is 0 Å². The van der Waals surface area contributed by atoms with Crippen LogP contribution in [0.15, 0.2) is 84.9 Å². The molecule has 0 aromatic heterocycles. The maximum absolute atomic E-state index is 6.10. The Morgan fingerprint density at radius 2 is 1.43 bits per heavy atom. The quantitative estimate of drug-likeness (QED) is 0.277. The van der Waals surface area contributed by atoms with Gasteiger partial charge in [-0.3, -0.25) is 4.90 Å². The fraction of sp³-hybridized carbons (Fsp3) is 0.280. The van der Waals surface area contributed by atoms with Crippen molar-refractivity contribution in [2.24, 2.45) is 0 Å². The lowest BCUT2D eigenvalue weighted by atomic mass is 9.68. The van der Waals surface area contributed by atoms with Crippen LogP contribution in [-0.2, 0) is 12.0 Å². The number of nitrogens with zero attached hydrogens (tertiary/aromatic N) is 1. The molecule has 0 aliphatic carbocycles. The molecule has 0 amide bonds. The molecule has 28 heavy (non-hydrogen) atoms. The Labute approximate surface area is 186 Å². The normalized spacial score (nSPS) is 19.4. The number of halogens is 2. The lowest BCUT2D eigenvalue weighted by Crippen LogP contribution is -2.51. The van der Waals surface area contributed by atoms with E-state index in [9.17, 15) is 0 Å². The van der Waals surface area contributed by atoms with Gasteiger partial charge in [-0.2, -0.15) is 0 Å². The van der Waals surface area contributed by atoms with Crippen molar-refractivity contribution < 1.29 is 0 Å². The van der Waals surface area contributed by atoms with Gasteiger partial charge in [-0.05, 0) is 41.7 Å². The number of piperidine rings is 1. The minimum Gasteiger partial charge on any atom is -0.294 e. The van der Waals surface area contributed by atoms with E-state index in [1.165, 1.54) is 29.5 Å². The van der Waals surface area contributed by atoms with Gasteiger partial charge in [0.1, 0.15) is 0 Å². The SMILES string of the molecule is Clc1ccc(CN2CC(c3ccccc3)(c3ccccc3)CCC2CI)cc1. The van der Waals surface area contributed by atoms with Crippen LogP contribution in [0.5, 0.6) is 0 Å². The van der Waals surface area contributed by atoms with Gasteiger partial charge in [0, 0.05) is 34.0 Å². The zero-order valence-electron chi connectivity index (χ0n) is 15.9. The zero-order chi connectivity index (χ0) is 19.4. The molecule has 0 spiro atoms. The second-order valence-electron chi connectivity index (χ2n) is 7.69. The Kier molecular flexibility index (Phi) is 6.39. The van der Waals surface area contributed by atoms with E-state index in [2.05, 4.69) is 100 Å². The molecule has 3 aromatic carbocycles. The fourth-order valence-corrected chi connectivity index (χ4v) is 5.61. The molecular weight excluding hydrogens is 477 g/mol. The summed E-state index contributed by atoms with van der Waals surface area (Å²) >= 11 is 8.65. The molecule has 3 heteroatoms. The van der Waals surface area contributed by atoms with Gasteiger partial charge in [0.2, 0.25) is 0 Å². The highest BCUT2D eigenvalue weighted by Gasteiger charge is 2.41. The average molecular weight is 502 g/mol. The van der Waals surface area contributed by atoms with Gasteiger partial charge in [0.05, 0.1) is 0 Å². The second kappa shape index (κ2) is 8.98. The summed E-state index contributed by atoms with van der Waals surface area (Å²) in [7, 11) is 0. The molecule has 0 bridgehead atoms. The molecule has 1 nitrogen and oxygen atoms in total. The van der Waals surface area contributed by atoms with Crippen LogP contribution in [0, 0.1) is 0 Å². The van der Waals surface area contributed by atoms with Gasteiger partial charge in [-0.25, -0.2) is 0 Å². The fourth-order valence-electron chi connectivity index (χ4n) is 4.49. The minimum absolute atomic E-state index is 0.0389. The molecule has 1 atom stereocenters. The summed E-state index contributed by atoms with van der Waals surface area (Å²) in [5, 5.41) is 0.802. The Morgan fingerprint density at radius 3 is 1.96 bits per heavy atom. The van der Waals surface area contributed by atoms with Crippen LogP contribution in [0.3, 0.4) is 0 Å². The molecule has 1 unspecified atom stereocenters. The number of hydrogen-bond acceptors (Lipinski definition) is 1. The largest absolute Gasteiger partial charge is 0.294 e. The van der Waals surface area contributed by atoms with Gasteiger partial charge in [-0.1, -0.05) is 107 Å². The highest BCUT2D eigenvalue weighted by molar-refractivity contribution is 14.1. The van der Waals surface area contributed by atoms with Crippen LogP contribution < -0.4 is 0 Å². The van der Waals surface area contributed by atoms with Gasteiger partial charge < -0.3 is 0 Å². The average Bonchev–Trinajstić information content (AvgIpc) is 2.76.